The van der Waals surface area contributed by atoms with Crippen molar-refractivity contribution in [2.24, 2.45) is 5.73 Å². The number of nitrogens with two attached hydrogens (primary N) is 1. The highest BCUT2D eigenvalue weighted by Gasteiger charge is 2.62. The van der Waals surface area contributed by atoms with Gasteiger partial charge >= 0.3 is 11.9 Å². The summed E-state index contributed by atoms with van der Waals surface area (Å²) in [6, 6.07) is 12.6. The second kappa shape index (κ2) is 11.0. The van der Waals surface area contributed by atoms with E-state index in [-0.39, 0.29) is 40.7 Å². The largest absolute Gasteiger partial charge is 0.462 e. The van der Waals surface area contributed by atoms with Crippen LogP contribution in [0.4, 0.5) is 5.69 Å². The van der Waals surface area contributed by atoms with Gasteiger partial charge in [0.25, 0.3) is 0 Å². The SMILES string of the molecule is CCOC(=O)C1=C(N)OC(c2ccccc2)=C(C(=O)OCC)C12C(=O)Nc1ccc(S(=O)(=O)N3CCCCC3)cc12. The number of sulfonamides is 1. The molecule has 1 atom stereocenters. The van der Waals surface area contributed by atoms with Crippen molar-refractivity contribution in [2.45, 2.75) is 43.4 Å². The summed E-state index contributed by atoms with van der Waals surface area (Å²) in [4.78, 5) is 41.4. The van der Waals surface area contributed by atoms with Crippen molar-refractivity contribution in [1.29, 1.82) is 0 Å². The van der Waals surface area contributed by atoms with Crippen LogP contribution in [0.1, 0.15) is 44.2 Å². The van der Waals surface area contributed by atoms with Gasteiger partial charge in [-0.2, -0.15) is 4.31 Å². The molecule has 3 aliphatic rings. The summed E-state index contributed by atoms with van der Waals surface area (Å²) < 4.78 is 45.4. The van der Waals surface area contributed by atoms with Crippen molar-refractivity contribution in [3.63, 3.8) is 0 Å². The van der Waals surface area contributed by atoms with Crippen LogP contribution in [0.3, 0.4) is 0 Å². The minimum absolute atomic E-state index is 0.0476. The second-order valence-electron chi connectivity index (χ2n) is 9.73. The minimum atomic E-state index is -3.96. The third kappa shape index (κ3) is 4.56. The number of esters is 2. The van der Waals surface area contributed by atoms with E-state index >= 15 is 0 Å². The zero-order chi connectivity index (χ0) is 29.4. The summed E-state index contributed by atoms with van der Waals surface area (Å²) in [6.07, 6.45) is 2.39. The van der Waals surface area contributed by atoms with E-state index in [0.717, 1.165) is 19.3 Å². The van der Waals surface area contributed by atoms with Gasteiger partial charge in [-0.05, 0) is 44.9 Å². The summed E-state index contributed by atoms with van der Waals surface area (Å²) in [5.41, 5.74) is 4.02. The highest BCUT2D eigenvalue weighted by atomic mass is 32.2. The van der Waals surface area contributed by atoms with Crippen LogP contribution < -0.4 is 11.1 Å². The van der Waals surface area contributed by atoms with Gasteiger partial charge in [0.2, 0.25) is 21.8 Å². The summed E-state index contributed by atoms with van der Waals surface area (Å²) in [5.74, 6) is -3.28. The lowest BCUT2D eigenvalue weighted by Crippen LogP contribution is -2.48. The molecule has 2 aromatic carbocycles. The molecule has 0 saturated carbocycles. The van der Waals surface area contributed by atoms with Gasteiger partial charge in [0.05, 0.1) is 18.1 Å². The number of amides is 1. The van der Waals surface area contributed by atoms with Gasteiger partial charge in [-0.25, -0.2) is 18.0 Å². The Kier molecular flexibility index (Phi) is 7.62. The molecule has 0 aromatic heterocycles. The first-order valence-corrected chi connectivity index (χ1v) is 14.9. The van der Waals surface area contributed by atoms with Gasteiger partial charge in [-0.3, -0.25) is 4.79 Å². The number of fused-ring (bicyclic) bond motifs is 2. The first-order valence-electron chi connectivity index (χ1n) is 13.5. The standard InChI is InChI=1S/C29H31N3O8S/c1-3-38-26(33)22-24(18-11-7-5-8-12-18)40-25(30)23(27(34)39-4-2)29(22)20-17-19(13-14-21(20)31-28(29)35)41(36,37)32-15-9-6-10-16-32/h5,7-8,11-14,17H,3-4,6,9-10,15-16,30H2,1-2H3,(H,31,35). The molecule has 3 N–H and O–H groups in total. The number of rotatable bonds is 7. The molecule has 0 aliphatic carbocycles. The summed E-state index contributed by atoms with van der Waals surface area (Å²) in [7, 11) is -3.96. The third-order valence-corrected chi connectivity index (χ3v) is 9.26. The van der Waals surface area contributed by atoms with Crippen LogP contribution in [0, 0.1) is 0 Å². The van der Waals surface area contributed by atoms with Crippen LogP contribution in [0.15, 0.2) is 70.5 Å². The molecule has 3 aliphatic heterocycles. The van der Waals surface area contributed by atoms with Gasteiger partial charge in [0.1, 0.15) is 22.3 Å². The Morgan fingerprint density at radius 1 is 0.976 bits per heavy atom. The lowest BCUT2D eigenvalue weighted by molar-refractivity contribution is -0.142. The Labute approximate surface area is 238 Å². The number of hydrogen-bond acceptors (Lipinski definition) is 9. The number of piperidine rings is 1. The van der Waals surface area contributed by atoms with Gasteiger partial charge in [-0.15, -0.1) is 0 Å². The number of hydrogen-bond donors (Lipinski definition) is 2. The molecule has 2 aromatic rings. The van der Waals surface area contributed by atoms with Crippen LogP contribution in [0.25, 0.3) is 5.76 Å². The monoisotopic (exact) mass is 581 g/mol. The lowest BCUT2D eigenvalue weighted by atomic mass is 9.67. The fourth-order valence-corrected chi connectivity index (χ4v) is 7.13. The molecule has 1 saturated heterocycles. The zero-order valence-corrected chi connectivity index (χ0v) is 23.6. The van der Waals surface area contributed by atoms with Gasteiger partial charge < -0.3 is 25.3 Å². The van der Waals surface area contributed by atoms with Crippen molar-refractivity contribution >= 4 is 39.3 Å². The number of anilines is 1. The maximum atomic E-state index is 14.2. The molecule has 1 unspecified atom stereocenters. The van der Waals surface area contributed by atoms with Crippen LogP contribution in [0.2, 0.25) is 0 Å². The van der Waals surface area contributed by atoms with E-state index in [0.29, 0.717) is 18.7 Å². The predicted octanol–water partition coefficient (Wildman–Crippen LogP) is 2.79. The van der Waals surface area contributed by atoms with Crippen molar-refractivity contribution < 1.29 is 37.0 Å². The van der Waals surface area contributed by atoms with E-state index in [9.17, 15) is 22.8 Å². The van der Waals surface area contributed by atoms with E-state index in [1.165, 1.54) is 22.5 Å². The van der Waals surface area contributed by atoms with Crippen molar-refractivity contribution in [1.82, 2.24) is 4.31 Å². The van der Waals surface area contributed by atoms with E-state index < -0.39 is 44.7 Å². The highest BCUT2D eigenvalue weighted by molar-refractivity contribution is 7.89. The fourth-order valence-electron chi connectivity index (χ4n) is 5.58. The molecule has 0 bridgehead atoms. The van der Waals surface area contributed by atoms with Gasteiger partial charge in [0.15, 0.2) is 0 Å². The second-order valence-corrected chi connectivity index (χ2v) is 11.7. The molecular formula is C29H31N3O8S. The van der Waals surface area contributed by atoms with Crippen molar-refractivity contribution in [3.05, 3.63) is 76.7 Å². The molecule has 1 spiro atoms. The fraction of sp³-hybridized carbons (Fsp3) is 0.345. The first kappa shape index (κ1) is 28.4. The van der Waals surface area contributed by atoms with E-state index in [1.54, 1.807) is 44.2 Å². The van der Waals surface area contributed by atoms with E-state index in [4.69, 9.17) is 19.9 Å². The normalized spacial score (nSPS) is 20.9. The summed E-state index contributed by atoms with van der Waals surface area (Å²) in [6.45, 7) is 3.79. The Bertz CT molecular complexity index is 1580. The zero-order valence-electron chi connectivity index (χ0n) is 22.8. The predicted molar refractivity (Wildman–Crippen MR) is 148 cm³/mol. The molecule has 0 radical (unpaired) electrons. The Morgan fingerprint density at radius 2 is 1.61 bits per heavy atom. The maximum absolute atomic E-state index is 14.2. The quantitative estimate of drug-likeness (QED) is 0.470. The highest BCUT2D eigenvalue weighted by Crippen LogP contribution is 2.54. The molecule has 3 heterocycles. The van der Waals surface area contributed by atoms with Gasteiger partial charge in [0, 0.05) is 29.9 Å². The number of carbonyl (C=O) groups excluding carboxylic acids is 3. The topological polar surface area (TPSA) is 154 Å². The Hall–Kier alpha value is -4.16. The summed E-state index contributed by atoms with van der Waals surface area (Å²) in [5, 5.41) is 2.72. The molecule has 1 fully saturated rings. The molecule has 1 amide bonds. The molecule has 5 rings (SSSR count). The molecule has 12 heteroatoms. The van der Waals surface area contributed by atoms with E-state index in [2.05, 4.69) is 5.32 Å². The number of nitrogens with zero attached hydrogens (tertiary/aromatic N) is 1. The first-order chi connectivity index (χ1) is 19.7. The molecular weight excluding hydrogens is 550 g/mol. The van der Waals surface area contributed by atoms with E-state index in [1.807, 2.05) is 0 Å². The Morgan fingerprint density at radius 3 is 2.24 bits per heavy atom. The van der Waals surface area contributed by atoms with Crippen LogP contribution in [0.5, 0.6) is 0 Å². The smallest absolute Gasteiger partial charge is 0.341 e. The third-order valence-electron chi connectivity index (χ3n) is 7.37. The number of nitrogens with one attached hydrogen (secondary N) is 1. The summed E-state index contributed by atoms with van der Waals surface area (Å²) >= 11 is 0. The average Bonchev–Trinajstić information content (AvgIpc) is 3.24. The van der Waals surface area contributed by atoms with Crippen LogP contribution >= 0.6 is 0 Å². The van der Waals surface area contributed by atoms with Crippen molar-refractivity contribution in [2.75, 3.05) is 31.6 Å². The molecule has 216 valence electrons. The molecule has 11 nitrogen and oxygen atoms in total. The lowest BCUT2D eigenvalue weighted by Gasteiger charge is -2.36. The Balaban J connectivity index is 1.84. The number of ether oxygens (including phenoxy) is 3. The average molecular weight is 582 g/mol. The van der Waals surface area contributed by atoms with Crippen LogP contribution in [-0.4, -0.2) is 56.9 Å². The van der Waals surface area contributed by atoms with Gasteiger partial charge in [-0.1, -0.05) is 36.8 Å². The number of benzene rings is 2. The van der Waals surface area contributed by atoms with Crippen LogP contribution in [-0.2, 0) is 44.0 Å². The maximum Gasteiger partial charge on any atom is 0.341 e. The molecule has 41 heavy (non-hydrogen) atoms. The minimum Gasteiger partial charge on any atom is -0.462 e. The number of carbonyl (C=O) groups is 3. The van der Waals surface area contributed by atoms with Crippen molar-refractivity contribution in [3.8, 4) is 0 Å².